The zero-order chi connectivity index (χ0) is 35.8. The van der Waals surface area contributed by atoms with Crippen molar-refractivity contribution in [3.8, 4) is 11.5 Å². The van der Waals surface area contributed by atoms with Gasteiger partial charge in [-0.05, 0) is 57.9 Å². The maximum absolute atomic E-state index is 12.5. The van der Waals surface area contributed by atoms with E-state index in [-0.39, 0.29) is 36.1 Å². The summed E-state index contributed by atoms with van der Waals surface area (Å²) in [4.78, 5) is 44.9. The van der Waals surface area contributed by atoms with Crippen LogP contribution in [0, 0.1) is 5.41 Å². The SMILES string of the molecule is CCOC(=O)c1ncc2c(ccn2Cc2ccccc2)c1O.CCOC(=O)c1ncc2c(ccn2Cc2ccccc2)c1OC(=O)C(C)(C)C. The summed E-state index contributed by atoms with van der Waals surface area (Å²) in [6, 6.07) is 23.6. The summed E-state index contributed by atoms with van der Waals surface area (Å²) < 4.78 is 19.6. The van der Waals surface area contributed by atoms with Crippen LogP contribution in [0.5, 0.6) is 11.5 Å². The molecule has 0 saturated carbocycles. The number of nitrogens with zero attached hydrogens (tertiary/aromatic N) is 4. The second kappa shape index (κ2) is 15.5. The van der Waals surface area contributed by atoms with Crippen LogP contribution in [0.4, 0.5) is 0 Å². The minimum Gasteiger partial charge on any atom is -0.505 e. The highest BCUT2D eigenvalue weighted by molar-refractivity contribution is 6.00. The number of ether oxygens (including phenoxy) is 3. The molecule has 0 aliphatic rings. The monoisotopic (exact) mass is 676 g/mol. The molecule has 4 heterocycles. The number of aromatic hydroxyl groups is 1. The Morgan fingerprint density at radius 2 is 1.14 bits per heavy atom. The van der Waals surface area contributed by atoms with E-state index >= 15 is 0 Å². The van der Waals surface area contributed by atoms with Gasteiger partial charge in [0, 0.05) is 36.3 Å². The van der Waals surface area contributed by atoms with Gasteiger partial charge in [0.1, 0.15) is 0 Å². The first-order valence-electron chi connectivity index (χ1n) is 16.3. The van der Waals surface area contributed by atoms with E-state index in [2.05, 4.69) is 9.97 Å². The Balaban J connectivity index is 0.000000200. The molecule has 0 aliphatic heterocycles. The van der Waals surface area contributed by atoms with Gasteiger partial charge in [0.2, 0.25) is 0 Å². The molecule has 0 fully saturated rings. The number of hydrogen-bond acceptors (Lipinski definition) is 9. The largest absolute Gasteiger partial charge is 0.505 e. The number of pyridine rings is 2. The van der Waals surface area contributed by atoms with E-state index in [4.69, 9.17) is 14.2 Å². The maximum Gasteiger partial charge on any atom is 0.360 e. The van der Waals surface area contributed by atoms with Gasteiger partial charge in [-0.25, -0.2) is 19.6 Å². The molecule has 6 rings (SSSR count). The number of carbonyl (C=O) groups excluding carboxylic acids is 3. The van der Waals surface area contributed by atoms with Crippen LogP contribution in [0.15, 0.2) is 97.6 Å². The fourth-order valence-corrected chi connectivity index (χ4v) is 5.15. The number of fused-ring (bicyclic) bond motifs is 2. The molecule has 1 N–H and O–H groups in total. The molecule has 0 amide bonds. The maximum atomic E-state index is 12.5. The summed E-state index contributed by atoms with van der Waals surface area (Å²) in [5.74, 6) is -1.66. The molecular weight excluding hydrogens is 636 g/mol. The fourth-order valence-electron chi connectivity index (χ4n) is 5.15. The number of esters is 3. The van der Waals surface area contributed by atoms with Crippen LogP contribution in [0.3, 0.4) is 0 Å². The van der Waals surface area contributed by atoms with Crippen molar-refractivity contribution >= 4 is 39.7 Å². The van der Waals surface area contributed by atoms with Gasteiger partial charge >= 0.3 is 17.9 Å². The summed E-state index contributed by atoms with van der Waals surface area (Å²) in [5.41, 5.74) is 3.05. The molecule has 0 aliphatic carbocycles. The van der Waals surface area contributed by atoms with E-state index in [1.165, 1.54) is 0 Å². The standard InChI is InChI=1S/C22H24N2O4.C17H16N2O3/c1-5-27-20(25)18-19(28-21(26)22(2,3)4)16-11-12-24(17(16)13-23-18)14-15-9-7-6-8-10-15;1-2-22-17(21)15-16(20)13-8-9-19(14(13)10-18-15)11-12-6-4-3-5-7-12/h6-13H,5,14H2,1-4H3;3-10,20H,2,11H2,1H3. The molecule has 0 atom stereocenters. The third-order valence-corrected chi connectivity index (χ3v) is 7.72. The molecule has 0 saturated heterocycles. The van der Waals surface area contributed by atoms with E-state index < -0.39 is 23.3 Å². The Morgan fingerprint density at radius 3 is 1.64 bits per heavy atom. The molecule has 11 heteroatoms. The van der Waals surface area contributed by atoms with Crippen LogP contribution in [0.1, 0.15) is 66.7 Å². The second-order valence-electron chi connectivity index (χ2n) is 12.4. The van der Waals surface area contributed by atoms with Crippen LogP contribution >= 0.6 is 0 Å². The minimum atomic E-state index is -0.722. The van der Waals surface area contributed by atoms with Gasteiger partial charge in [-0.3, -0.25) is 4.79 Å². The third-order valence-electron chi connectivity index (χ3n) is 7.72. The lowest BCUT2D eigenvalue weighted by Crippen LogP contribution is -2.26. The average molecular weight is 677 g/mol. The van der Waals surface area contributed by atoms with Crippen LogP contribution in [0.2, 0.25) is 0 Å². The topological polar surface area (TPSA) is 135 Å². The Morgan fingerprint density at radius 1 is 0.680 bits per heavy atom. The Labute approximate surface area is 290 Å². The number of carbonyl (C=O) groups is 3. The average Bonchev–Trinajstić information content (AvgIpc) is 3.70. The van der Waals surface area contributed by atoms with Crippen molar-refractivity contribution < 1.29 is 33.7 Å². The third kappa shape index (κ3) is 8.00. The molecular formula is C39H40N4O7. The molecule has 0 spiro atoms. The van der Waals surface area contributed by atoms with Crippen molar-refractivity contribution in [2.45, 2.75) is 47.7 Å². The zero-order valence-electron chi connectivity index (χ0n) is 28.8. The van der Waals surface area contributed by atoms with Gasteiger partial charge in [0.05, 0.1) is 42.1 Å². The highest BCUT2D eigenvalue weighted by Gasteiger charge is 2.29. The molecule has 0 bridgehead atoms. The summed E-state index contributed by atoms with van der Waals surface area (Å²) >= 11 is 0. The smallest absolute Gasteiger partial charge is 0.360 e. The molecule has 4 aromatic heterocycles. The molecule has 50 heavy (non-hydrogen) atoms. The van der Waals surface area contributed by atoms with Gasteiger partial charge in [0.25, 0.3) is 0 Å². The molecule has 258 valence electrons. The summed E-state index contributed by atoms with van der Waals surface area (Å²) in [6.07, 6.45) is 6.96. The quantitative estimate of drug-likeness (QED) is 0.158. The molecule has 0 radical (unpaired) electrons. The van der Waals surface area contributed by atoms with E-state index in [0.717, 1.165) is 22.2 Å². The second-order valence-corrected chi connectivity index (χ2v) is 12.4. The zero-order valence-corrected chi connectivity index (χ0v) is 28.8. The summed E-state index contributed by atoms with van der Waals surface area (Å²) in [5, 5.41) is 11.5. The van der Waals surface area contributed by atoms with E-state index in [1.807, 2.05) is 88.3 Å². The van der Waals surface area contributed by atoms with Gasteiger partial charge in [-0.15, -0.1) is 0 Å². The number of benzene rings is 2. The van der Waals surface area contributed by atoms with Gasteiger partial charge in [-0.1, -0.05) is 60.7 Å². The van der Waals surface area contributed by atoms with Crippen LogP contribution in [-0.2, 0) is 27.4 Å². The van der Waals surface area contributed by atoms with Gasteiger partial charge in [-0.2, -0.15) is 0 Å². The number of rotatable bonds is 9. The Hall–Kier alpha value is -5.97. The highest BCUT2D eigenvalue weighted by atomic mass is 16.6. The predicted molar refractivity (Wildman–Crippen MR) is 189 cm³/mol. The first-order chi connectivity index (χ1) is 24.0. The number of aromatic nitrogens is 4. The number of hydrogen-bond donors (Lipinski definition) is 1. The fraction of sp³-hybridized carbons (Fsp3) is 0.256. The Kier molecular flexibility index (Phi) is 11.0. The van der Waals surface area contributed by atoms with Crippen molar-refractivity contribution in [2.24, 2.45) is 5.41 Å². The molecule has 0 unspecified atom stereocenters. The normalized spacial score (nSPS) is 11.1. The molecule has 11 nitrogen and oxygen atoms in total. The van der Waals surface area contributed by atoms with Crippen molar-refractivity contribution in [3.63, 3.8) is 0 Å². The van der Waals surface area contributed by atoms with E-state index in [0.29, 0.717) is 23.9 Å². The lowest BCUT2D eigenvalue weighted by molar-refractivity contribution is -0.142. The van der Waals surface area contributed by atoms with Crippen LogP contribution < -0.4 is 4.74 Å². The highest BCUT2D eigenvalue weighted by Crippen LogP contribution is 2.32. The van der Waals surface area contributed by atoms with Gasteiger partial charge < -0.3 is 28.5 Å². The predicted octanol–water partition coefficient (Wildman–Crippen LogP) is 7.18. The summed E-state index contributed by atoms with van der Waals surface area (Å²) in [7, 11) is 0. The lowest BCUT2D eigenvalue weighted by atomic mass is 9.97. The van der Waals surface area contributed by atoms with E-state index in [9.17, 15) is 19.5 Å². The molecule has 2 aromatic carbocycles. The van der Waals surface area contributed by atoms with Crippen molar-refractivity contribution in [1.82, 2.24) is 19.1 Å². The Bertz CT molecular complexity index is 2110. The van der Waals surface area contributed by atoms with Gasteiger partial charge in [0.15, 0.2) is 22.9 Å². The molecule has 6 aromatic rings. The van der Waals surface area contributed by atoms with Crippen LogP contribution in [-0.4, -0.2) is 55.3 Å². The van der Waals surface area contributed by atoms with Crippen molar-refractivity contribution in [3.05, 3.63) is 120 Å². The van der Waals surface area contributed by atoms with Crippen molar-refractivity contribution in [1.29, 1.82) is 0 Å². The first-order valence-corrected chi connectivity index (χ1v) is 16.3. The minimum absolute atomic E-state index is 0.00408. The van der Waals surface area contributed by atoms with Crippen LogP contribution in [0.25, 0.3) is 21.8 Å². The lowest BCUT2D eigenvalue weighted by Gasteiger charge is -2.18. The van der Waals surface area contributed by atoms with E-state index in [1.54, 1.807) is 53.1 Å². The van der Waals surface area contributed by atoms with Crippen molar-refractivity contribution in [2.75, 3.05) is 13.2 Å². The summed E-state index contributed by atoms with van der Waals surface area (Å²) in [6.45, 7) is 10.5. The first kappa shape index (κ1) is 35.3.